The molecule has 0 radical (unpaired) electrons. The average Bonchev–Trinajstić information content (AvgIpc) is 3.05. The summed E-state index contributed by atoms with van der Waals surface area (Å²) in [6.07, 6.45) is 15.7. The summed E-state index contributed by atoms with van der Waals surface area (Å²) in [5.41, 5.74) is 4.59. The molecule has 5 rings (SSSR count). The molecule has 0 aromatic heterocycles. The van der Waals surface area contributed by atoms with Crippen LogP contribution in [0.2, 0.25) is 0 Å². The largest absolute Gasteiger partial charge is 0.299 e. The Morgan fingerprint density at radius 3 is 2.72 bits per heavy atom. The van der Waals surface area contributed by atoms with Crippen molar-refractivity contribution in [2.24, 2.45) is 22.2 Å². The van der Waals surface area contributed by atoms with Gasteiger partial charge in [0.1, 0.15) is 5.78 Å². The van der Waals surface area contributed by atoms with Gasteiger partial charge in [-0.1, -0.05) is 31.6 Å². The molecule has 25 heavy (non-hydrogen) atoms. The first-order valence-corrected chi connectivity index (χ1v) is 10.2. The molecule has 2 bridgehead atoms. The molecule has 5 aliphatic rings. The Morgan fingerprint density at radius 2 is 2.00 bits per heavy atom. The Bertz CT molecular complexity index is 782. The van der Waals surface area contributed by atoms with Crippen LogP contribution in [-0.2, 0) is 9.59 Å². The Hall–Kier alpha value is -1.44. The van der Waals surface area contributed by atoms with Crippen molar-refractivity contribution in [2.45, 2.75) is 71.6 Å². The summed E-state index contributed by atoms with van der Waals surface area (Å²) in [5.74, 6) is 1.36. The fraction of sp³-hybridized carbons (Fsp3) is 0.652. The predicted molar refractivity (Wildman–Crippen MR) is 98.0 cm³/mol. The lowest BCUT2D eigenvalue weighted by atomic mass is 9.47. The number of fused-ring (bicyclic) bond motifs is 2. The zero-order valence-electron chi connectivity index (χ0n) is 15.5. The van der Waals surface area contributed by atoms with Crippen LogP contribution in [0.25, 0.3) is 0 Å². The second-order valence-corrected chi connectivity index (χ2v) is 9.18. The monoisotopic (exact) mass is 338 g/mol. The van der Waals surface area contributed by atoms with E-state index in [1.54, 1.807) is 5.57 Å². The van der Waals surface area contributed by atoms with E-state index < -0.39 is 0 Å². The van der Waals surface area contributed by atoms with E-state index in [1.807, 2.05) is 13.0 Å². The summed E-state index contributed by atoms with van der Waals surface area (Å²) in [6, 6.07) is 0. The van der Waals surface area contributed by atoms with Crippen LogP contribution >= 0.6 is 0 Å². The van der Waals surface area contributed by atoms with Gasteiger partial charge >= 0.3 is 0 Å². The van der Waals surface area contributed by atoms with Crippen molar-refractivity contribution in [3.05, 3.63) is 34.9 Å². The van der Waals surface area contributed by atoms with Crippen LogP contribution in [0, 0.1) is 22.2 Å². The lowest BCUT2D eigenvalue weighted by Crippen LogP contribution is -2.50. The van der Waals surface area contributed by atoms with Gasteiger partial charge in [0.15, 0.2) is 5.78 Å². The highest BCUT2D eigenvalue weighted by atomic mass is 16.1. The lowest BCUT2D eigenvalue weighted by molar-refractivity contribution is -0.133. The Morgan fingerprint density at radius 1 is 1.16 bits per heavy atom. The first-order valence-electron chi connectivity index (χ1n) is 10.2. The summed E-state index contributed by atoms with van der Waals surface area (Å²) in [5, 5.41) is 0. The molecule has 2 nitrogen and oxygen atoms in total. The molecule has 0 unspecified atom stereocenters. The van der Waals surface area contributed by atoms with E-state index in [1.165, 1.54) is 17.6 Å². The Balaban J connectivity index is 1.63. The number of rotatable bonds is 2. The lowest BCUT2D eigenvalue weighted by Gasteiger charge is -2.55. The fourth-order valence-corrected chi connectivity index (χ4v) is 7.50. The third kappa shape index (κ3) is 1.63. The van der Waals surface area contributed by atoms with E-state index in [-0.39, 0.29) is 16.2 Å². The third-order valence-corrected chi connectivity index (χ3v) is 8.80. The van der Waals surface area contributed by atoms with Crippen molar-refractivity contribution in [3.63, 3.8) is 0 Å². The topological polar surface area (TPSA) is 34.1 Å². The molecule has 0 aromatic rings. The van der Waals surface area contributed by atoms with Gasteiger partial charge in [-0.25, -0.2) is 0 Å². The van der Waals surface area contributed by atoms with Gasteiger partial charge in [0.05, 0.1) is 5.41 Å². The normalized spacial score (nSPS) is 44.3. The fourth-order valence-electron chi connectivity index (χ4n) is 7.50. The molecule has 4 atom stereocenters. The second-order valence-electron chi connectivity index (χ2n) is 9.18. The predicted octanol–water partition coefficient (Wildman–Crippen LogP) is 5.10. The molecular formula is C23H28O2. The maximum Gasteiger partial charge on any atom is 0.156 e. The summed E-state index contributed by atoms with van der Waals surface area (Å²) in [4.78, 5) is 24.8. The van der Waals surface area contributed by atoms with Crippen molar-refractivity contribution in [1.29, 1.82) is 0 Å². The molecule has 0 amide bonds. The van der Waals surface area contributed by atoms with Gasteiger partial charge in [-0.15, -0.1) is 0 Å². The molecule has 0 N–H and O–H groups in total. The number of carbonyl (C=O) groups excluding carboxylic acids is 2. The number of allylic oxidation sites excluding steroid dienone is 6. The number of hydrogen-bond acceptors (Lipinski definition) is 2. The van der Waals surface area contributed by atoms with Gasteiger partial charge in [-0.3, -0.25) is 9.59 Å². The van der Waals surface area contributed by atoms with Crippen LogP contribution in [-0.4, -0.2) is 11.6 Å². The van der Waals surface area contributed by atoms with E-state index in [0.29, 0.717) is 30.3 Å². The molecule has 5 aliphatic carbocycles. The van der Waals surface area contributed by atoms with Gasteiger partial charge in [-0.05, 0) is 73.5 Å². The van der Waals surface area contributed by atoms with E-state index in [0.717, 1.165) is 38.5 Å². The van der Waals surface area contributed by atoms with Crippen molar-refractivity contribution >= 4 is 11.6 Å². The SMILES string of the molecule is C[C@]12CCC3=C4CCC(=O)C=C4CC[C@H]3[C@]13C=C[C@@]2(C(=O)C[14CH3])CC3. The number of carbonyl (C=O) groups is 2. The van der Waals surface area contributed by atoms with Crippen molar-refractivity contribution < 1.29 is 9.59 Å². The highest BCUT2D eigenvalue weighted by Crippen LogP contribution is 2.77. The maximum atomic E-state index is 13.0. The Kier molecular flexibility index (Phi) is 3.05. The van der Waals surface area contributed by atoms with Crippen LogP contribution in [0.4, 0.5) is 0 Å². The highest BCUT2D eigenvalue weighted by molar-refractivity contribution is 5.93. The minimum absolute atomic E-state index is 0.105. The van der Waals surface area contributed by atoms with E-state index in [9.17, 15) is 9.59 Å². The summed E-state index contributed by atoms with van der Waals surface area (Å²) >= 11 is 0. The van der Waals surface area contributed by atoms with Gasteiger partial charge in [0.25, 0.3) is 0 Å². The second kappa shape index (κ2) is 4.84. The zero-order valence-corrected chi connectivity index (χ0v) is 15.5. The first kappa shape index (κ1) is 15.8. The molecule has 0 spiro atoms. The minimum atomic E-state index is -0.198. The van der Waals surface area contributed by atoms with Crippen LogP contribution < -0.4 is 0 Å². The average molecular weight is 338 g/mol. The summed E-state index contributed by atoms with van der Waals surface area (Å²) in [6.45, 7) is 4.45. The van der Waals surface area contributed by atoms with Gasteiger partial charge in [0.2, 0.25) is 0 Å². The number of hydrogen-bond donors (Lipinski definition) is 0. The molecule has 2 heteroatoms. The molecule has 2 saturated carbocycles. The molecule has 0 saturated heterocycles. The van der Waals surface area contributed by atoms with E-state index >= 15 is 0 Å². The highest BCUT2D eigenvalue weighted by Gasteiger charge is 2.72. The van der Waals surface area contributed by atoms with Crippen molar-refractivity contribution in [3.8, 4) is 0 Å². The van der Waals surface area contributed by atoms with Crippen LogP contribution in [0.15, 0.2) is 34.9 Å². The van der Waals surface area contributed by atoms with E-state index in [4.69, 9.17) is 0 Å². The quantitative estimate of drug-likeness (QED) is 0.657. The number of Topliss-reactive ketones (excluding diaryl/α,β-unsaturated/α-hetero) is 1. The van der Waals surface area contributed by atoms with Crippen LogP contribution in [0.1, 0.15) is 71.6 Å². The number of ketones is 2. The van der Waals surface area contributed by atoms with E-state index in [2.05, 4.69) is 19.1 Å². The van der Waals surface area contributed by atoms with Gasteiger partial charge in [-0.2, -0.15) is 0 Å². The first-order chi connectivity index (χ1) is 12.0. The van der Waals surface area contributed by atoms with Gasteiger partial charge < -0.3 is 0 Å². The molecule has 0 aliphatic heterocycles. The van der Waals surface area contributed by atoms with Gasteiger partial charge in [0, 0.05) is 18.3 Å². The molecule has 2 fully saturated rings. The van der Waals surface area contributed by atoms with Crippen LogP contribution in [0.5, 0.6) is 0 Å². The standard InChI is InChI=1S/C23H28O2/c1-3-20(25)23-12-10-22(11-13-23)19-7-4-15-14-16(24)5-6-17(15)18(19)8-9-21(22,23)2/h10,12,14,19H,3-9,11,13H2,1-2H3/t19-,21+,22-,23+/m1/s1/i1+2. The third-order valence-electron chi connectivity index (χ3n) is 8.80. The summed E-state index contributed by atoms with van der Waals surface area (Å²) < 4.78 is 0. The minimum Gasteiger partial charge on any atom is -0.299 e. The molecule has 0 aromatic carbocycles. The van der Waals surface area contributed by atoms with Crippen LogP contribution in [0.3, 0.4) is 0 Å². The molecule has 132 valence electrons. The van der Waals surface area contributed by atoms with Crippen molar-refractivity contribution in [2.75, 3.05) is 0 Å². The smallest absolute Gasteiger partial charge is 0.156 e. The maximum absolute atomic E-state index is 13.0. The molecular weight excluding hydrogens is 310 g/mol. The van der Waals surface area contributed by atoms with Crippen molar-refractivity contribution in [1.82, 2.24) is 0 Å². The zero-order chi connectivity index (χ0) is 17.4. The molecule has 0 heterocycles. The summed E-state index contributed by atoms with van der Waals surface area (Å²) in [7, 11) is 0. The Labute approximate surface area is 150 Å².